The molecule has 0 fully saturated rings. The van der Waals surface area contributed by atoms with Crippen molar-refractivity contribution in [2.45, 2.75) is 26.3 Å². The molecule has 6 heteroatoms. The third-order valence-corrected chi connectivity index (χ3v) is 3.55. The van der Waals surface area contributed by atoms with Gasteiger partial charge in [0.1, 0.15) is 0 Å². The lowest BCUT2D eigenvalue weighted by Gasteiger charge is -2.18. The molecule has 2 aromatic rings. The number of methoxy groups -OCH3 is 1. The van der Waals surface area contributed by atoms with Gasteiger partial charge in [0.25, 0.3) is 0 Å². The average molecular weight is 337 g/mol. The maximum atomic E-state index is 12.5. The molecule has 1 N–H and O–H groups in total. The lowest BCUT2D eigenvalue weighted by Crippen LogP contribution is -2.17. The minimum atomic E-state index is -2.89. The Kier molecular flexibility index (Phi) is 6.52. The lowest BCUT2D eigenvalue weighted by molar-refractivity contribution is -0.0512. The van der Waals surface area contributed by atoms with Crippen molar-refractivity contribution < 1.29 is 23.4 Å². The van der Waals surface area contributed by atoms with E-state index in [1.807, 2.05) is 37.4 Å². The summed E-state index contributed by atoms with van der Waals surface area (Å²) < 4.78 is 34.5. The predicted octanol–water partition coefficient (Wildman–Crippen LogP) is 3.42. The molecule has 0 saturated heterocycles. The van der Waals surface area contributed by atoms with Crippen molar-refractivity contribution in [1.29, 1.82) is 0 Å². The topological polar surface area (TPSA) is 41.9 Å². The Morgan fingerprint density at radius 3 is 2.12 bits per heavy atom. The molecule has 0 atom stereocenters. The fourth-order valence-corrected chi connectivity index (χ4v) is 2.44. The van der Waals surface area contributed by atoms with Gasteiger partial charge in [-0.2, -0.15) is 8.78 Å². The summed E-state index contributed by atoms with van der Waals surface area (Å²) in [7, 11) is 3.35. The molecular formula is C18H21F2NO3. The molecule has 0 aliphatic rings. The van der Waals surface area contributed by atoms with Crippen molar-refractivity contribution in [3.05, 3.63) is 59.2 Å². The minimum Gasteiger partial charge on any atom is -0.493 e. The van der Waals surface area contributed by atoms with Gasteiger partial charge in [0.2, 0.25) is 0 Å². The Morgan fingerprint density at radius 1 is 0.958 bits per heavy atom. The normalized spacial score (nSPS) is 11.1. The Hall–Kier alpha value is -2.18. The number of hydrogen-bond donors (Lipinski definition) is 1. The summed E-state index contributed by atoms with van der Waals surface area (Å²) in [6, 6.07) is 12.7. The van der Waals surface area contributed by atoms with E-state index in [0.717, 1.165) is 16.7 Å². The highest BCUT2D eigenvalue weighted by Gasteiger charge is 2.12. The SMILES string of the molecule is COc1ccc(CN(C)Cc2ccc(CO)cc2)cc1OC(F)F. The molecule has 0 unspecified atom stereocenters. The molecular weight excluding hydrogens is 316 g/mol. The van der Waals surface area contributed by atoms with Crippen LogP contribution in [0.25, 0.3) is 0 Å². The second kappa shape index (κ2) is 8.61. The molecule has 0 bridgehead atoms. The molecule has 0 saturated carbocycles. The van der Waals surface area contributed by atoms with Crippen LogP contribution in [0.4, 0.5) is 8.78 Å². The van der Waals surface area contributed by atoms with Crippen LogP contribution >= 0.6 is 0 Å². The number of rotatable bonds is 8. The number of nitrogens with zero attached hydrogens (tertiary/aromatic N) is 1. The van der Waals surface area contributed by atoms with Crippen LogP contribution in [0.3, 0.4) is 0 Å². The summed E-state index contributed by atoms with van der Waals surface area (Å²) >= 11 is 0. The van der Waals surface area contributed by atoms with Gasteiger partial charge < -0.3 is 14.6 Å². The van der Waals surface area contributed by atoms with Crippen molar-refractivity contribution in [1.82, 2.24) is 4.90 Å². The average Bonchev–Trinajstić information content (AvgIpc) is 2.55. The quantitative estimate of drug-likeness (QED) is 0.801. The van der Waals surface area contributed by atoms with Crippen LogP contribution in [0.5, 0.6) is 11.5 Å². The van der Waals surface area contributed by atoms with Crippen LogP contribution in [0, 0.1) is 0 Å². The Labute approximate surface area is 140 Å². The smallest absolute Gasteiger partial charge is 0.387 e. The van der Waals surface area contributed by atoms with Gasteiger partial charge in [-0.25, -0.2) is 0 Å². The molecule has 0 aromatic heterocycles. The second-order valence-corrected chi connectivity index (χ2v) is 5.51. The fourth-order valence-electron chi connectivity index (χ4n) is 2.44. The van der Waals surface area contributed by atoms with Crippen LogP contribution in [-0.4, -0.2) is 30.8 Å². The number of hydrogen-bond acceptors (Lipinski definition) is 4. The molecule has 0 aliphatic carbocycles. The first kappa shape index (κ1) is 18.2. The molecule has 2 rings (SSSR count). The van der Waals surface area contributed by atoms with E-state index in [-0.39, 0.29) is 18.1 Å². The highest BCUT2D eigenvalue weighted by molar-refractivity contribution is 5.43. The number of alkyl halides is 2. The van der Waals surface area contributed by atoms with E-state index in [9.17, 15) is 8.78 Å². The zero-order chi connectivity index (χ0) is 17.5. The first-order valence-corrected chi connectivity index (χ1v) is 7.50. The molecule has 2 aromatic carbocycles. The van der Waals surface area contributed by atoms with Gasteiger partial charge in [-0.05, 0) is 35.9 Å². The van der Waals surface area contributed by atoms with E-state index in [1.54, 1.807) is 12.1 Å². The number of aliphatic hydroxyl groups excluding tert-OH is 1. The fraction of sp³-hybridized carbons (Fsp3) is 0.333. The first-order valence-electron chi connectivity index (χ1n) is 7.50. The lowest BCUT2D eigenvalue weighted by atomic mass is 10.1. The van der Waals surface area contributed by atoms with Crippen LogP contribution < -0.4 is 9.47 Å². The summed E-state index contributed by atoms with van der Waals surface area (Å²) in [6.45, 7) is -1.60. The van der Waals surface area contributed by atoms with Gasteiger partial charge in [-0.1, -0.05) is 30.3 Å². The zero-order valence-corrected chi connectivity index (χ0v) is 13.7. The number of halogens is 2. The molecule has 0 radical (unpaired) electrons. The minimum absolute atomic E-state index is 0.0227. The Balaban J connectivity index is 2.03. The summed E-state index contributed by atoms with van der Waals surface area (Å²) in [5.74, 6) is 0.312. The third-order valence-electron chi connectivity index (χ3n) is 3.55. The zero-order valence-electron chi connectivity index (χ0n) is 13.7. The Morgan fingerprint density at radius 2 is 1.54 bits per heavy atom. The van der Waals surface area contributed by atoms with E-state index in [1.165, 1.54) is 7.11 Å². The molecule has 24 heavy (non-hydrogen) atoms. The first-order chi connectivity index (χ1) is 11.5. The van der Waals surface area contributed by atoms with Gasteiger partial charge in [0, 0.05) is 13.1 Å². The van der Waals surface area contributed by atoms with Crippen molar-refractivity contribution in [3.8, 4) is 11.5 Å². The number of aliphatic hydroxyl groups is 1. The standard InChI is InChI=1S/C18H21F2NO3/c1-21(10-13-3-5-14(12-22)6-4-13)11-15-7-8-16(23-2)17(9-15)24-18(19)20/h3-9,18,22H,10-12H2,1-2H3. The van der Waals surface area contributed by atoms with Gasteiger partial charge >= 0.3 is 6.61 Å². The molecule has 0 spiro atoms. The maximum absolute atomic E-state index is 12.5. The largest absolute Gasteiger partial charge is 0.493 e. The monoisotopic (exact) mass is 337 g/mol. The Bertz CT molecular complexity index is 647. The van der Waals surface area contributed by atoms with Crippen LogP contribution in [-0.2, 0) is 19.7 Å². The summed E-state index contributed by atoms with van der Waals surface area (Å²) in [5.41, 5.74) is 2.82. The summed E-state index contributed by atoms with van der Waals surface area (Å²) in [4.78, 5) is 2.06. The number of benzene rings is 2. The summed E-state index contributed by atoms with van der Waals surface area (Å²) in [6.07, 6.45) is 0. The maximum Gasteiger partial charge on any atom is 0.387 e. The van der Waals surface area contributed by atoms with E-state index in [4.69, 9.17) is 9.84 Å². The molecule has 0 heterocycles. The highest BCUT2D eigenvalue weighted by atomic mass is 19.3. The highest BCUT2D eigenvalue weighted by Crippen LogP contribution is 2.30. The van der Waals surface area contributed by atoms with Crippen LogP contribution in [0.15, 0.2) is 42.5 Å². The van der Waals surface area contributed by atoms with Crippen molar-refractivity contribution >= 4 is 0 Å². The van der Waals surface area contributed by atoms with E-state index < -0.39 is 6.61 Å². The summed E-state index contributed by atoms with van der Waals surface area (Å²) in [5, 5.41) is 9.05. The van der Waals surface area contributed by atoms with Gasteiger partial charge in [0.15, 0.2) is 11.5 Å². The van der Waals surface area contributed by atoms with Crippen LogP contribution in [0.1, 0.15) is 16.7 Å². The third kappa shape index (κ3) is 5.18. The van der Waals surface area contributed by atoms with Crippen molar-refractivity contribution in [2.75, 3.05) is 14.2 Å². The van der Waals surface area contributed by atoms with Gasteiger partial charge in [-0.15, -0.1) is 0 Å². The molecule has 130 valence electrons. The van der Waals surface area contributed by atoms with Gasteiger partial charge in [-0.3, -0.25) is 4.90 Å². The molecule has 0 aliphatic heterocycles. The van der Waals surface area contributed by atoms with E-state index in [2.05, 4.69) is 9.64 Å². The van der Waals surface area contributed by atoms with Gasteiger partial charge in [0.05, 0.1) is 13.7 Å². The van der Waals surface area contributed by atoms with Crippen molar-refractivity contribution in [2.24, 2.45) is 0 Å². The predicted molar refractivity (Wildman–Crippen MR) is 87.2 cm³/mol. The second-order valence-electron chi connectivity index (χ2n) is 5.51. The molecule has 4 nitrogen and oxygen atoms in total. The van der Waals surface area contributed by atoms with Crippen molar-refractivity contribution in [3.63, 3.8) is 0 Å². The number of ether oxygens (including phenoxy) is 2. The van der Waals surface area contributed by atoms with Crippen LogP contribution in [0.2, 0.25) is 0 Å². The van der Waals surface area contributed by atoms with E-state index >= 15 is 0 Å². The van der Waals surface area contributed by atoms with E-state index in [0.29, 0.717) is 13.1 Å². The molecule has 0 amide bonds.